The summed E-state index contributed by atoms with van der Waals surface area (Å²) >= 11 is 1.39. The molecule has 0 heterocycles. The molecule has 1 aromatic carbocycles. The first-order valence-corrected chi connectivity index (χ1v) is 7.79. The molecule has 0 aliphatic rings. The van der Waals surface area contributed by atoms with E-state index in [9.17, 15) is 9.59 Å². The van der Waals surface area contributed by atoms with E-state index in [1.165, 1.54) is 11.8 Å². The molecule has 6 heteroatoms. The maximum Gasteiger partial charge on any atom is 0.327 e. The standard InChI is InChI=1S/C14H20N2O3S/c1-3-16(9-11-7-5-4-6-8-11)14(19)15-12(10-20-2)13(17)18/h4-8,12H,3,9-10H2,1-2H3,(H,15,19)(H,17,18)/t12-/m0/s1. The van der Waals surface area contributed by atoms with Crippen LogP contribution < -0.4 is 5.32 Å². The summed E-state index contributed by atoms with van der Waals surface area (Å²) in [6.45, 7) is 2.86. The quantitative estimate of drug-likeness (QED) is 0.808. The Kier molecular flexibility index (Phi) is 6.93. The maximum absolute atomic E-state index is 12.1. The van der Waals surface area contributed by atoms with Crippen molar-refractivity contribution in [2.45, 2.75) is 19.5 Å². The number of benzene rings is 1. The van der Waals surface area contributed by atoms with Crippen LogP contribution in [0.1, 0.15) is 12.5 Å². The van der Waals surface area contributed by atoms with E-state index in [0.717, 1.165) is 5.56 Å². The van der Waals surface area contributed by atoms with Crippen molar-refractivity contribution >= 4 is 23.8 Å². The number of thioether (sulfide) groups is 1. The number of nitrogens with one attached hydrogen (secondary N) is 1. The lowest BCUT2D eigenvalue weighted by Gasteiger charge is -2.23. The summed E-state index contributed by atoms with van der Waals surface area (Å²) in [5.74, 6) is -0.660. The van der Waals surface area contributed by atoms with Gasteiger partial charge in [0.15, 0.2) is 0 Å². The van der Waals surface area contributed by atoms with Crippen molar-refractivity contribution in [3.8, 4) is 0 Å². The van der Waals surface area contributed by atoms with Crippen molar-refractivity contribution in [3.63, 3.8) is 0 Å². The highest BCUT2D eigenvalue weighted by Crippen LogP contribution is 2.05. The molecule has 0 unspecified atom stereocenters. The van der Waals surface area contributed by atoms with E-state index in [2.05, 4.69) is 5.32 Å². The second-order valence-electron chi connectivity index (χ2n) is 4.30. The van der Waals surface area contributed by atoms with Crippen LogP contribution in [0.4, 0.5) is 4.79 Å². The number of urea groups is 1. The van der Waals surface area contributed by atoms with Crippen molar-refractivity contribution in [2.75, 3.05) is 18.6 Å². The number of carboxylic acid groups (broad SMARTS) is 1. The molecule has 0 spiro atoms. The molecule has 0 saturated carbocycles. The lowest BCUT2D eigenvalue weighted by atomic mass is 10.2. The molecule has 5 nitrogen and oxygen atoms in total. The molecular weight excluding hydrogens is 276 g/mol. The minimum Gasteiger partial charge on any atom is -0.480 e. The summed E-state index contributed by atoms with van der Waals surface area (Å²) in [4.78, 5) is 24.7. The molecule has 1 atom stereocenters. The largest absolute Gasteiger partial charge is 0.480 e. The number of aliphatic carboxylic acids is 1. The van der Waals surface area contributed by atoms with Crippen LogP contribution in [0.2, 0.25) is 0 Å². The van der Waals surface area contributed by atoms with E-state index in [0.29, 0.717) is 18.8 Å². The summed E-state index contributed by atoms with van der Waals surface area (Å²) in [6, 6.07) is 8.40. The van der Waals surface area contributed by atoms with Gasteiger partial charge in [0.25, 0.3) is 0 Å². The molecule has 2 N–H and O–H groups in total. The first-order chi connectivity index (χ1) is 9.58. The van der Waals surface area contributed by atoms with Gasteiger partial charge in [0, 0.05) is 18.8 Å². The summed E-state index contributed by atoms with van der Waals surface area (Å²) < 4.78 is 0. The summed E-state index contributed by atoms with van der Waals surface area (Å²) in [5, 5.41) is 11.6. The Bertz CT molecular complexity index is 439. The third-order valence-electron chi connectivity index (χ3n) is 2.81. The highest BCUT2D eigenvalue weighted by Gasteiger charge is 2.22. The Morgan fingerprint density at radius 3 is 2.50 bits per heavy atom. The molecule has 20 heavy (non-hydrogen) atoms. The van der Waals surface area contributed by atoms with Crippen LogP contribution in [-0.2, 0) is 11.3 Å². The van der Waals surface area contributed by atoms with Crippen molar-refractivity contribution in [1.82, 2.24) is 10.2 Å². The van der Waals surface area contributed by atoms with Gasteiger partial charge in [0.2, 0.25) is 0 Å². The van der Waals surface area contributed by atoms with E-state index >= 15 is 0 Å². The average Bonchev–Trinajstić information content (AvgIpc) is 2.45. The van der Waals surface area contributed by atoms with Crippen LogP contribution >= 0.6 is 11.8 Å². The van der Waals surface area contributed by atoms with E-state index < -0.39 is 12.0 Å². The van der Waals surface area contributed by atoms with Crippen LogP contribution in [0.5, 0.6) is 0 Å². The number of hydrogen-bond donors (Lipinski definition) is 2. The average molecular weight is 296 g/mol. The molecule has 110 valence electrons. The van der Waals surface area contributed by atoms with Gasteiger partial charge in [-0.3, -0.25) is 0 Å². The summed E-state index contributed by atoms with van der Waals surface area (Å²) in [6.07, 6.45) is 1.81. The fourth-order valence-electron chi connectivity index (χ4n) is 1.71. The number of carbonyl (C=O) groups excluding carboxylic acids is 1. The highest BCUT2D eigenvalue weighted by atomic mass is 32.2. The van der Waals surface area contributed by atoms with Gasteiger partial charge in [-0.15, -0.1) is 0 Å². The van der Waals surface area contributed by atoms with Gasteiger partial charge in [-0.05, 0) is 18.7 Å². The zero-order valence-electron chi connectivity index (χ0n) is 11.7. The van der Waals surface area contributed by atoms with Crippen molar-refractivity contribution in [3.05, 3.63) is 35.9 Å². The molecule has 1 rings (SSSR count). The zero-order chi connectivity index (χ0) is 15.0. The molecular formula is C14H20N2O3S. The Hall–Kier alpha value is -1.69. The van der Waals surface area contributed by atoms with Gasteiger partial charge in [0.1, 0.15) is 6.04 Å². The lowest BCUT2D eigenvalue weighted by Crippen LogP contribution is -2.48. The van der Waals surface area contributed by atoms with Crippen LogP contribution in [0.25, 0.3) is 0 Å². The zero-order valence-corrected chi connectivity index (χ0v) is 12.5. The minimum absolute atomic E-state index is 0.349. The van der Waals surface area contributed by atoms with Crippen LogP contribution in [0.15, 0.2) is 30.3 Å². The molecule has 0 fully saturated rings. The second kappa shape index (κ2) is 8.47. The van der Waals surface area contributed by atoms with Crippen LogP contribution in [0.3, 0.4) is 0 Å². The first-order valence-electron chi connectivity index (χ1n) is 6.39. The first kappa shape index (κ1) is 16.4. The molecule has 2 amide bonds. The Morgan fingerprint density at radius 2 is 2.00 bits per heavy atom. The number of rotatable bonds is 7. The van der Waals surface area contributed by atoms with Gasteiger partial charge in [-0.1, -0.05) is 30.3 Å². The van der Waals surface area contributed by atoms with E-state index in [1.807, 2.05) is 43.5 Å². The van der Waals surface area contributed by atoms with Gasteiger partial charge >= 0.3 is 12.0 Å². The Morgan fingerprint density at radius 1 is 1.35 bits per heavy atom. The molecule has 0 aromatic heterocycles. The Balaban J connectivity index is 2.64. The Labute approximate surface area is 123 Å². The summed E-state index contributed by atoms with van der Waals surface area (Å²) in [7, 11) is 0. The predicted octanol–water partition coefficient (Wildman–Crippen LogP) is 2.03. The number of carboxylic acids is 1. The minimum atomic E-state index is -1.01. The van der Waals surface area contributed by atoms with E-state index in [-0.39, 0.29) is 6.03 Å². The predicted molar refractivity (Wildman–Crippen MR) is 80.9 cm³/mol. The lowest BCUT2D eigenvalue weighted by molar-refractivity contribution is -0.138. The third-order valence-corrected chi connectivity index (χ3v) is 3.48. The van der Waals surface area contributed by atoms with Gasteiger partial charge < -0.3 is 15.3 Å². The smallest absolute Gasteiger partial charge is 0.327 e. The maximum atomic E-state index is 12.1. The van der Waals surface area contributed by atoms with E-state index in [1.54, 1.807) is 4.90 Å². The van der Waals surface area contributed by atoms with Gasteiger partial charge in [0.05, 0.1) is 0 Å². The molecule has 0 radical (unpaired) electrons. The van der Waals surface area contributed by atoms with Gasteiger partial charge in [-0.2, -0.15) is 11.8 Å². The van der Waals surface area contributed by atoms with Gasteiger partial charge in [-0.25, -0.2) is 9.59 Å². The second-order valence-corrected chi connectivity index (χ2v) is 5.21. The third kappa shape index (κ3) is 5.13. The molecule has 0 aliphatic carbocycles. The number of hydrogen-bond acceptors (Lipinski definition) is 3. The van der Waals surface area contributed by atoms with Crippen LogP contribution in [-0.4, -0.2) is 46.6 Å². The highest BCUT2D eigenvalue weighted by molar-refractivity contribution is 7.98. The van der Waals surface area contributed by atoms with Crippen molar-refractivity contribution in [2.24, 2.45) is 0 Å². The number of carbonyl (C=O) groups is 2. The fraction of sp³-hybridized carbons (Fsp3) is 0.429. The van der Waals surface area contributed by atoms with E-state index in [4.69, 9.17) is 5.11 Å². The van der Waals surface area contributed by atoms with Crippen molar-refractivity contribution < 1.29 is 14.7 Å². The fourth-order valence-corrected chi connectivity index (χ4v) is 2.27. The normalized spacial score (nSPS) is 11.7. The molecule has 1 aromatic rings. The topological polar surface area (TPSA) is 69.6 Å². The monoisotopic (exact) mass is 296 g/mol. The van der Waals surface area contributed by atoms with Crippen LogP contribution in [0, 0.1) is 0 Å². The molecule has 0 bridgehead atoms. The SMILES string of the molecule is CCN(Cc1ccccc1)C(=O)N[C@@H](CSC)C(=O)O. The molecule has 0 aliphatic heterocycles. The summed E-state index contributed by atoms with van der Waals surface area (Å²) in [5.41, 5.74) is 1.02. The molecule has 0 saturated heterocycles. The number of amides is 2. The van der Waals surface area contributed by atoms with Crippen molar-refractivity contribution in [1.29, 1.82) is 0 Å². The number of nitrogens with zero attached hydrogens (tertiary/aromatic N) is 1.